The molecule has 0 aliphatic rings. The van der Waals surface area contributed by atoms with Gasteiger partial charge in [-0.3, -0.25) is 4.79 Å². The van der Waals surface area contributed by atoms with E-state index < -0.39 is 11.7 Å². The summed E-state index contributed by atoms with van der Waals surface area (Å²) < 4.78 is 13.7. The van der Waals surface area contributed by atoms with Crippen LogP contribution >= 0.6 is 11.6 Å². The van der Waals surface area contributed by atoms with Crippen molar-refractivity contribution < 1.29 is 9.18 Å². The van der Waals surface area contributed by atoms with Crippen LogP contribution in [0.5, 0.6) is 0 Å². The maximum atomic E-state index is 13.7. The van der Waals surface area contributed by atoms with Gasteiger partial charge in [0.1, 0.15) is 23.7 Å². The van der Waals surface area contributed by atoms with E-state index in [0.29, 0.717) is 16.5 Å². The normalized spacial score (nSPS) is 10.2. The van der Waals surface area contributed by atoms with Crippen LogP contribution in [0.15, 0.2) is 60.9 Å². The van der Waals surface area contributed by atoms with Crippen molar-refractivity contribution in [3.63, 3.8) is 0 Å². The SMILES string of the molecule is O=C(Nc1ccccc1Cl)c1cc(Nc2ccccc2F)ncn1. The second-order valence-electron chi connectivity index (χ2n) is 4.83. The first kappa shape index (κ1) is 15.9. The molecule has 120 valence electrons. The van der Waals surface area contributed by atoms with Crippen LogP contribution in [-0.4, -0.2) is 15.9 Å². The van der Waals surface area contributed by atoms with Gasteiger partial charge in [0.25, 0.3) is 5.91 Å². The number of nitrogens with one attached hydrogen (secondary N) is 2. The molecular formula is C17H12ClFN4O. The lowest BCUT2D eigenvalue weighted by Crippen LogP contribution is -2.14. The van der Waals surface area contributed by atoms with Gasteiger partial charge in [-0.1, -0.05) is 35.9 Å². The van der Waals surface area contributed by atoms with Gasteiger partial charge in [0.2, 0.25) is 0 Å². The van der Waals surface area contributed by atoms with E-state index in [1.807, 2.05) is 0 Å². The van der Waals surface area contributed by atoms with Crippen molar-refractivity contribution in [2.24, 2.45) is 0 Å². The lowest BCUT2D eigenvalue weighted by molar-refractivity contribution is 0.102. The number of benzene rings is 2. The molecule has 0 unspecified atom stereocenters. The quantitative estimate of drug-likeness (QED) is 0.743. The minimum absolute atomic E-state index is 0.128. The van der Waals surface area contributed by atoms with Gasteiger partial charge in [0, 0.05) is 6.07 Å². The van der Waals surface area contributed by atoms with Gasteiger partial charge in [-0.2, -0.15) is 0 Å². The molecule has 2 aromatic carbocycles. The Bertz CT molecular complexity index is 888. The van der Waals surface area contributed by atoms with Crippen LogP contribution in [0.1, 0.15) is 10.5 Å². The van der Waals surface area contributed by atoms with Gasteiger partial charge >= 0.3 is 0 Å². The molecule has 0 atom stereocenters. The Kier molecular flexibility index (Phi) is 4.67. The zero-order valence-corrected chi connectivity index (χ0v) is 13.1. The molecule has 1 amide bonds. The smallest absolute Gasteiger partial charge is 0.274 e. The maximum absolute atomic E-state index is 13.7. The molecule has 0 aliphatic heterocycles. The van der Waals surface area contributed by atoms with Gasteiger partial charge in [0.15, 0.2) is 0 Å². The molecule has 7 heteroatoms. The lowest BCUT2D eigenvalue weighted by Gasteiger charge is -2.09. The number of aromatic nitrogens is 2. The molecule has 1 heterocycles. The molecule has 1 aromatic heterocycles. The fourth-order valence-corrected chi connectivity index (χ4v) is 2.18. The molecule has 2 N–H and O–H groups in total. The van der Waals surface area contributed by atoms with E-state index in [1.165, 1.54) is 18.5 Å². The maximum Gasteiger partial charge on any atom is 0.274 e. The third-order valence-corrected chi connectivity index (χ3v) is 3.49. The summed E-state index contributed by atoms with van der Waals surface area (Å²) in [7, 11) is 0. The molecule has 0 bridgehead atoms. The Morgan fingerprint density at radius 1 is 1.00 bits per heavy atom. The standard InChI is InChI=1S/C17H12ClFN4O/c18-11-5-1-3-7-13(11)23-17(24)15-9-16(21-10-20-15)22-14-8-4-2-6-12(14)19/h1-10H,(H,23,24)(H,20,21,22). The van der Waals surface area contributed by atoms with Crippen LogP contribution in [0.4, 0.5) is 21.6 Å². The van der Waals surface area contributed by atoms with Crippen molar-refractivity contribution in [1.82, 2.24) is 9.97 Å². The molecule has 0 aliphatic carbocycles. The first-order valence-electron chi connectivity index (χ1n) is 7.03. The zero-order chi connectivity index (χ0) is 16.9. The number of anilines is 3. The van der Waals surface area contributed by atoms with Gasteiger partial charge in [-0.25, -0.2) is 14.4 Å². The summed E-state index contributed by atoms with van der Waals surface area (Å²) in [4.78, 5) is 20.2. The molecule has 3 rings (SSSR count). The van der Waals surface area contributed by atoms with E-state index in [4.69, 9.17) is 11.6 Å². The summed E-state index contributed by atoms with van der Waals surface area (Å²) in [5.74, 6) is -0.556. The summed E-state index contributed by atoms with van der Waals surface area (Å²) in [6, 6.07) is 14.5. The van der Waals surface area contributed by atoms with Crippen LogP contribution in [0, 0.1) is 5.82 Å². The van der Waals surface area contributed by atoms with E-state index >= 15 is 0 Å². The van der Waals surface area contributed by atoms with Crippen LogP contribution in [0.2, 0.25) is 5.02 Å². The summed E-state index contributed by atoms with van der Waals surface area (Å²) in [6.45, 7) is 0. The number of hydrogen-bond donors (Lipinski definition) is 2. The lowest BCUT2D eigenvalue weighted by atomic mass is 10.3. The second kappa shape index (κ2) is 7.06. The molecule has 0 saturated carbocycles. The van der Waals surface area contributed by atoms with E-state index in [2.05, 4.69) is 20.6 Å². The monoisotopic (exact) mass is 342 g/mol. The molecular weight excluding hydrogens is 331 g/mol. The van der Waals surface area contributed by atoms with Gasteiger partial charge in [-0.15, -0.1) is 0 Å². The van der Waals surface area contributed by atoms with Crippen LogP contribution in [-0.2, 0) is 0 Å². The number of rotatable bonds is 4. The van der Waals surface area contributed by atoms with Crippen molar-refractivity contribution in [2.75, 3.05) is 10.6 Å². The number of hydrogen-bond acceptors (Lipinski definition) is 4. The average molecular weight is 343 g/mol. The van der Waals surface area contributed by atoms with Crippen LogP contribution in [0.25, 0.3) is 0 Å². The highest BCUT2D eigenvalue weighted by atomic mass is 35.5. The summed E-state index contributed by atoms with van der Waals surface area (Å²) in [6.07, 6.45) is 1.23. The van der Waals surface area contributed by atoms with Crippen molar-refractivity contribution >= 4 is 34.7 Å². The fraction of sp³-hybridized carbons (Fsp3) is 0. The van der Waals surface area contributed by atoms with Crippen molar-refractivity contribution in [3.8, 4) is 0 Å². The Morgan fingerprint density at radius 3 is 2.46 bits per heavy atom. The molecule has 0 fully saturated rings. The highest BCUT2D eigenvalue weighted by Gasteiger charge is 2.11. The average Bonchev–Trinajstić information content (AvgIpc) is 2.59. The minimum atomic E-state index is -0.443. The topological polar surface area (TPSA) is 66.9 Å². The van der Waals surface area contributed by atoms with Crippen LogP contribution < -0.4 is 10.6 Å². The number of halogens is 2. The number of para-hydroxylation sites is 2. The number of nitrogens with zero attached hydrogens (tertiary/aromatic N) is 2. The molecule has 0 spiro atoms. The highest BCUT2D eigenvalue weighted by molar-refractivity contribution is 6.33. The van der Waals surface area contributed by atoms with E-state index in [1.54, 1.807) is 42.5 Å². The predicted octanol–water partition coefficient (Wildman–Crippen LogP) is 4.27. The highest BCUT2D eigenvalue weighted by Crippen LogP contribution is 2.22. The zero-order valence-electron chi connectivity index (χ0n) is 12.3. The van der Waals surface area contributed by atoms with Crippen molar-refractivity contribution in [2.45, 2.75) is 0 Å². The predicted molar refractivity (Wildman–Crippen MR) is 91.1 cm³/mol. The van der Waals surface area contributed by atoms with Gasteiger partial charge in [0.05, 0.1) is 16.4 Å². The van der Waals surface area contributed by atoms with Crippen molar-refractivity contribution in [1.29, 1.82) is 0 Å². The molecule has 24 heavy (non-hydrogen) atoms. The summed E-state index contributed by atoms with van der Waals surface area (Å²) in [5, 5.41) is 5.90. The van der Waals surface area contributed by atoms with Gasteiger partial charge < -0.3 is 10.6 Å². The van der Waals surface area contributed by atoms with Crippen LogP contribution in [0.3, 0.4) is 0 Å². The third-order valence-electron chi connectivity index (χ3n) is 3.16. The van der Waals surface area contributed by atoms with E-state index in [9.17, 15) is 9.18 Å². The van der Waals surface area contributed by atoms with Crippen molar-refractivity contribution in [3.05, 3.63) is 77.5 Å². The fourth-order valence-electron chi connectivity index (χ4n) is 2.00. The Morgan fingerprint density at radius 2 is 1.71 bits per heavy atom. The molecule has 0 saturated heterocycles. The summed E-state index contributed by atoms with van der Waals surface area (Å²) in [5.41, 5.74) is 0.865. The first-order valence-corrected chi connectivity index (χ1v) is 7.41. The van der Waals surface area contributed by atoms with E-state index in [0.717, 1.165) is 0 Å². The molecule has 3 aromatic rings. The number of carbonyl (C=O) groups excluding carboxylic acids is 1. The van der Waals surface area contributed by atoms with Gasteiger partial charge in [-0.05, 0) is 24.3 Å². The Labute approximate surface area is 142 Å². The van der Waals surface area contributed by atoms with E-state index in [-0.39, 0.29) is 11.4 Å². The second-order valence-corrected chi connectivity index (χ2v) is 5.23. The molecule has 5 nitrogen and oxygen atoms in total. The number of carbonyl (C=O) groups is 1. The Balaban J connectivity index is 1.79. The largest absolute Gasteiger partial charge is 0.338 e. The third kappa shape index (κ3) is 3.67. The Hall–Kier alpha value is -2.99. The first-order chi connectivity index (χ1) is 11.6. The summed E-state index contributed by atoms with van der Waals surface area (Å²) >= 11 is 6.01. The molecule has 0 radical (unpaired) electrons. The minimum Gasteiger partial charge on any atom is -0.338 e. The number of amides is 1.